The van der Waals surface area contributed by atoms with Crippen molar-refractivity contribution in [1.29, 1.82) is 0 Å². The van der Waals surface area contributed by atoms with Gasteiger partial charge >= 0.3 is 5.97 Å². The second-order valence-electron chi connectivity index (χ2n) is 6.45. The Bertz CT molecular complexity index is 377. The standard InChI is InChI=1S/C15H26N2O3/c1-11-6-9-16-13(11)14(20)17(2)15(10-12(18)19)7-4-3-5-8-15/h11,13,16H,3-10H2,1-2H3,(H,18,19). The number of hydrogen-bond acceptors (Lipinski definition) is 3. The number of aliphatic carboxylic acids is 1. The molecular formula is C15H26N2O3. The summed E-state index contributed by atoms with van der Waals surface area (Å²) in [6.45, 7) is 2.96. The summed E-state index contributed by atoms with van der Waals surface area (Å²) in [5.74, 6) is -0.410. The highest BCUT2D eigenvalue weighted by Gasteiger charge is 2.43. The van der Waals surface area contributed by atoms with E-state index in [9.17, 15) is 14.7 Å². The third kappa shape index (κ3) is 2.97. The number of amides is 1. The number of carboxylic acid groups (broad SMARTS) is 1. The summed E-state index contributed by atoms with van der Waals surface area (Å²) >= 11 is 0. The molecule has 1 aliphatic heterocycles. The Morgan fingerprint density at radius 3 is 2.45 bits per heavy atom. The summed E-state index contributed by atoms with van der Waals surface area (Å²) in [5, 5.41) is 12.5. The highest BCUT2D eigenvalue weighted by molar-refractivity contribution is 5.84. The van der Waals surface area contributed by atoms with E-state index in [1.54, 1.807) is 11.9 Å². The molecule has 5 nitrogen and oxygen atoms in total. The van der Waals surface area contributed by atoms with Crippen molar-refractivity contribution in [3.8, 4) is 0 Å². The van der Waals surface area contributed by atoms with Gasteiger partial charge in [0.1, 0.15) is 0 Å². The summed E-state index contributed by atoms with van der Waals surface area (Å²) in [7, 11) is 1.79. The lowest BCUT2D eigenvalue weighted by atomic mass is 9.77. The molecule has 5 heteroatoms. The molecule has 2 unspecified atom stereocenters. The number of hydrogen-bond donors (Lipinski definition) is 2. The molecule has 0 aromatic carbocycles. The molecule has 2 rings (SSSR count). The molecule has 2 fully saturated rings. The number of likely N-dealkylation sites (N-methyl/N-ethyl adjacent to an activating group) is 1. The van der Waals surface area contributed by atoms with Gasteiger partial charge in [0.15, 0.2) is 0 Å². The Kier molecular flexibility index (Phi) is 4.68. The van der Waals surface area contributed by atoms with E-state index in [-0.39, 0.29) is 18.4 Å². The normalized spacial score (nSPS) is 29.1. The summed E-state index contributed by atoms with van der Waals surface area (Å²) in [5.41, 5.74) is -0.481. The van der Waals surface area contributed by atoms with Gasteiger partial charge in [-0.2, -0.15) is 0 Å². The van der Waals surface area contributed by atoms with Gasteiger partial charge in [0.25, 0.3) is 0 Å². The van der Waals surface area contributed by atoms with Crippen molar-refractivity contribution in [1.82, 2.24) is 10.2 Å². The number of nitrogens with zero attached hydrogens (tertiary/aromatic N) is 1. The summed E-state index contributed by atoms with van der Waals surface area (Å²) in [4.78, 5) is 25.7. The van der Waals surface area contributed by atoms with Crippen LogP contribution in [-0.4, -0.2) is 47.1 Å². The van der Waals surface area contributed by atoms with Gasteiger partial charge in [-0.15, -0.1) is 0 Å². The number of nitrogens with one attached hydrogen (secondary N) is 1. The highest BCUT2D eigenvalue weighted by atomic mass is 16.4. The van der Waals surface area contributed by atoms with E-state index in [2.05, 4.69) is 12.2 Å². The topological polar surface area (TPSA) is 69.6 Å². The minimum absolute atomic E-state index is 0.0658. The first-order valence-electron chi connectivity index (χ1n) is 7.69. The fourth-order valence-electron chi connectivity index (χ4n) is 3.73. The van der Waals surface area contributed by atoms with Gasteiger partial charge in [-0.05, 0) is 31.7 Å². The molecule has 0 aromatic rings. The number of carboxylic acids is 1. The third-order valence-corrected chi connectivity index (χ3v) is 5.11. The average molecular weight is 282 g/mol. The van der Waals surface area contributed by atoms with Crippen LogP contribution in [0.2, 0.25) is 0 Å². The molecule has 0 spiro atoms. The Morgan fingerprint density at radius 1 is 1.30 bits per heavy atom. The van der Waals surface area contributed by atoms with Gasteiger partial charge in [0, 0.05) is 7.05 Å². The zero-order valence-corrected chi connectivity index (χ0v) is 12.5. The smallest absolute Gasteiger partial charge is 0.305 e. The molecule has 0 radical (unpaired) electrons. The van der Waals surface area contributed by atoms with Crippen LogP contribution >= 0.6 is 0 Å². The molecule has 2 aliphatic rings. The molecule has 1 heterocycles. The van der Waals surface area contributed by atoms with Gasteiger partial charge in [-0.25, -0.2) is 0 Å². The predicted octanol–water partition coefficient (Wildman–Crippen LogP) is 1.62. The molecule has 1 amide bonds. The predicted molar refractivity (Wildman–Crippen MR) is 76.4 cm³/mol. The van der Waals surface area contributed by atoms with Crippen molar-refractivity contribution in [3.63, 3.8) is 0 Å². The third-order valence-electron chi connectivity index (χ3n) is 5.11. The zero-order valence-electron chi connectivity index (χ0n) is 12.5. The zero-order chi connectivity index (χ0) is 14.8. The first-order valence-corrected chi connectivity index (χ1v) is 7.69. The van der Waals surface area contributed by atoms with Crippen LogP contribution in [0.25, 0.3) is 0 Å². The van der Waals surface area contributed by atoms with Crippen LogP contribution in [0, 0.1) is 5.92 Å². The monoisotopic (exact) mass is 282 g/mol. The van der Waals surface area contributed by atoms with Crippen molar-refractivity contribution in [2.24, 2.45) is 5.92 Å². The van der Waals surface area contributed by atoms with Crippen LogP contribution in [0.4, 0.5) is 0 Å². The number of carbonyl (C=O) groups excluding carboxylic acids is 1. The Labute approximate surface area is 120 Å². The maximum absolute atomic E-state index is 12.7. The fraction of sp³-hybridized carbons (Fsp3) is 0.867. The van der Waals surface area contributed by atoms with E-state index in [1.807, 2.05) is 0 Å². The van der Waals surface area contributed by atoms with Crippen LogP contribution in [-0.2, 0) is 9.59 Å². The van der Waals surface area contributed by atoms with Crippen molar-refractivity contribution in [3.05, 3.63) is 0 Å². The quantitative estimate of drug-likeness (QED) is 0.822. The molecule has 2 atom stereocenters. The fourth-order valence-corrected chi connectivity index (χ4v) is 3.73. The second kappa shape index (κ2) is 6.12. The first kappa shape index (κ1) is 15.3. The van der Waals surface area contributed by atoms with E-state index in [1.165, 1.54) is 0 Å². The van der Waals surface area contributed by atoms with Gasteiger partial charge < -0.3 is 15.3 Å². The molecule has 1 aliphatic carbocycles. The van der Waals surface area contributed by atoms with Gasteiger partial charge in [0.05, 0.1) is 18.0 Å². The van der Waals surface area contributed by atoms with E-state index in [0.29, 0.717) is 5.92 Å². The summed E-state index contributed by atoms with van der Waals surface area (Å²) in [6.07, 6.45) is 5.86. The minimum Gasteiger partial charge on any atom is -0.481 e. The van der Waals surface area contributed by atoms with Gasteiger partial charge in [-0.3, -0.25) is 9.59 Å². The molecular weight excluding hydrogens is 256 g/mol. The highest BCUT2D eigenvalue weighted by Crippen LogP contribution is 2.36. The molecule has 0 bridgehead atoms. The minimum atomic E-state index is -0.807. The molecule has 0 aromatic heterocycles. The van der Waals surface area contributed by atoms with Crippen molar-refractivity contribution in [2.75, 3.05) is 13.6 Å². The molecule has 1 saturated heterocycles. The van der Waals surface area contributed by atoms with E-state index >= 15 is 0 Å². The lowest BCUT2D eigenvalue weighted by Crippen LogP contribution is -2.57. The van der Waals surface area contributed by atoms with Crippen LogP contribution in [0.1, 0.15) is 51.9 Å². The Morgan fingerprint density at radius 2 is 1.95 bits per heavy atom. The number of carbonyl (C=O) groups is 2. The van der Waals surface area contributed by atoms with E-state index < -0.39 is 11.5 Å². The summed E-state index contributed by atoms with van der Waals surface area (Å²) < 4.78 is 0. The Balaban J connectivity index is 2.15. The number of rotatable bonds is 4. The van der Waals surface area contributed by atoms with E-state index in [0.717, 1.165) is 45.1 Å². The summed E-state index contributed by atoms with van der Waals surface area (Å²) in [6, 6.07) is -0.146. The largest absolute Gasteiger partial charge is 0.481 e. The maximum atomic E-state index is 12.7. The molecule has 20 heavy (non-hydrogen) atoms. The van der Waals surface area contributed by atoms with Crippen LogP contribution in [0.3, 0.4) is 0 Å². The Hall–Kier alpha value is -1.10. The maximum Gasteiger partial charge on any atom is 0.305 e. The van der Waals surface area contributed by atoms with Gasteiger partial charge in [-0.1, -0.05) is 26.2 Å². The van der Waals surface area contributed by atoms with Crippen LogP contribution in [0.5, 0.6) is 0 Å². The van der Waals surface area contributed by atoms with Gasteiger partial charge in [0.2, 0.25) is 5.91 Å². The molecule has 114 valence electrons. The van der Waals surface area contributed by atoms with Crippen LogP contribution in [0.15, 0.2) is 0 Å². The first-order chi connectivity index (χ1) is 9.46. The van der Waals surface area contributed by atoms with Crippen LogP contribution < -0.4 is 5.32 Å². The van der Waals surface area contributed by atoms with Crippen molar-refractivity contribution >= 4 is 11.9 Å². The lowest BCUT2D eigenvalue weighted by Gasteiger charge is -2.45. The lowest BCUT2D eigenvalue weighted by molar-refractivity contribution is -0.147. The second-order valence-corrected chi connectivity index (χ2v) is 6.45. The SMILES string of the molecule is CC1CCNC1C(=O)N(C)C1(CC(=O)O)CCCCC1. The molecule has 1 saturated carbocycles. The van der Waals surface area contributed by atoms with Crippen molar-refractivity contribution in [2.45, 2.75) is 63.5 Å². The molecule has 2 N–H and O–H groups in total. The average Bonchev–Trinajstić information content (AvgIpc) is 2.83. The van der Waals surface area contributed by atoms with E-state index in [4.69, 9.17) is 0 Å². The van der Waals surface area contributed by atoms with Crippen molar-refractivity contribution < 1.29 is 14.7 Å².